The first-order valence-corrected chi connectivity index (χ1v) is 12.1. The molecule has 0 bridgehead atoms. The Morgan fingerprint density at radius 3 is 2.74 bits per heavy atom. The average molecular weight is 492 g/mol. The molecule has 10 heteroatoms. The summed E-state index contributed by atoms with van der Waals surface area (Å²) in [4.78, 5) is 43.7. The Balaban J connectivity index is 1.69. The lowest BCUT2D eigenvalue weighted by molar-refractivity contribution is -0.384. The number of benzene rings is 2. The molecule has 0 spiro atoms. The first-order chi connectivity index (χ1) is 16.4. The number of ketones is 1. The van der Waals surface area contributed by atoms with Crippen LogP contribution in [0.4, 0.5) is 10.8 Å². The number of aliphatic hydroxyl groups is 1. The molecule has 2 aromatic heterocycles. The smallest absolute Gasteiger partial charge is 0.296 e. The first kappa shape index (κ1) is 21.9. The van der Waals surface area contributed by atoms with Gasteiger partial charge in [0.15, 0.2) is 10.9 Å². The Morgan fingerprint density at radius 2 is 2.03 bits per heavy atom. The SMILES string of the molecule is CCc1ccc2nc(N3C(=O)C(O)=C(C(=O)c4cccs4)C3c3cccc([N+](=O)[O-])c3)sc2c1. The molecule has 8 nitrogen and oxygen atoms in total. The second-order valence-corrected chi connectivity index (χ2v) is 9.61. The second kappa shape index (κ2) is 8.47. The molecule has 3 heterocycles. The number of hydrogen-bond acceptors (Lipinski definition) is 8. The van der Waals surface area contributed by atoms with E-state index in [1.54, 1.807) is 23.6 Å². The number of anilines is 1. The fraction of sp³-hybridized carbons (Fsp3) is 0.125. The van der Waals surface area contributed by atoms with Crippen LogP contribution in [0.5, 0.6) is 0 Å². The number of aromatic nitrogens is 1. The summed E-state index contributed by atoms with van der Waals surface area (Å²) in [5.74, 6) is -1.95. The number of carbonyl (C=O) groups excluding carboxylic acids is 2. The van der Waals surface area contributed by atoms with Crippen molar-refractivity contribution in [2.24, 2.45) is 0 Å². The number of thiazole rings is 1. The number of Topliss-reactive ketones (excluding diaryl/α,β-unsaturated/α-hetero) is 1. The molecule has 1 N–H and O–H groups in total. The van der Waals surface area contributed by atoms with Gasteiger partial charge in [-0.15, -0.1) is 11.3 Å². The van der Waals surface area contributed by atoms with E-state index in [0.29, 0.717) is 21.1 Å². The topological polar surface area (TPSA) is 114 Å². The van der Waals surface area contributed by atoms with Gasteiger partial charge in [-0.05, 0) is 41.1 Å². The molecule has 1 unspecified atom stereocenters. The number of nitrogens with zero attached hydrogens (tertiary/aromatic N) is 3. The maximum Gasteiger partial charge on any atom is 0.296 e. The van der Waals surface area contributed by atoms with Crippen molar-refractivity contribution in [3.8, 4) is 0 Å². The van der Waals surface area contributed by atoms with Crippen LogP contribution in [0, 0.1) is 10.1 Å². The minimum atomic E-state index is -1.06. The van der Waals surface area contributed by atoms with Gasteiger partial charge in [0.25, 0.3) is 11.6 Å². The van der Waals surface area contributed by atoms with E-state index in [0.717, 1.165) is 16.7 Å². The maximum atomic E-state index is 13.4. The number of hydrogen-bond donors (Lipinski definition) is 1. The predicted molar refractivity (Wildman–Crippen MR) is 131 cm³/mol. The van der Waals surface area contributed by atoms with Gasteiger partial charge in [-0.2, -0.15) is 0 Å². The van der Waals surface area contributed by atoms with Gasteiger partial charge in [0.1, 0.15) is 0 Å². The number of carbonyl (C=O) groups is 2. The van der Waals surface area contributed by atoms with E-state index in [9.17, 15) is 24.8 Å². The molecular formula is C24H17N3O5S2. The van der Waals surface area contributed by atoms with Crippen molar-refractivity contribution >= 4 is 55.4 Å². The van der Waals surface area contributed by atoms with E-state index >= 15 is 0 Å². The summed E-state index contributed by atoms with van der Waals surface area (Å²) < 4.78 is 0.859. The number of thiophene rings is 1. The van der Waals surface area contributed by atoms with Crippen LogP contribution in [0.15, 0.2) is 71.3 Å². The molecule has 34 heavy (non-hydrogen) atoms. The van der Waals surface area contributed by atoms with E-state index in [2.05, 4.69) is 4.98 Å². The summed E-state index contributed by atoms with van der Waals surface area (Å²) in [7, 11) is 0. The van der Waals surface area contributed by atoms with Crippen molar-refractivity contribution in [1.82, 2.24) is 4.98 Å². The molecule has 0 saturated carbocycles. The molecule has 0 saturated heterocycles. The number of rotatable bonds is 6. The number of non-ortho nitro benzene ring substituents is 1. The Morgan fingerprint density at radius 1 is 1.21 bits per heavy atom. The minimum Gasteiger partial charge on any atom is -0.503 e. The lowest BCUT2D eigenvalue weighted by atomic mass is 9.95. The third-order valence-corrected chi connectivity index (χ3v) is 7.54. The molecule has 2 aromatic carbocycles. The van der Waals surface area contributed by atoms with Crippen LogP contribution in [0.3, 0.4) is 0 Å². The van der Waals surface area contributed by atoms with Crippen molar-refractivity contribution in [1.29, 1.82) is 0 Å². The molecule has 0 aliphatic carbocycles. The highest BCUT2D eigenvalue weighted by Gasteiger charge is 2.46. The van der Waals surface area contributed by atoms with E-state index in [-0.39, 0.29) is 11.3 Å². The molecule has 1 amide bonds. The van der Waals surface area contributed by atoms with Crippen LogP contribution in [-0.2, 0) is 11.2 Å². The van der Waals surface area contributed by atoms with Gasteiger partial charge in [-0.1, -0.05) is 42.5 Å². The van der Waals surface area contributed by atoms with E-state index < -0.39 is 28.4 Å². The molecule has 5 rings (SSSR count). The Bertz CT molecular complexity index is 1490. The number of nitro groups is 1. The standard InChI is InChI=1S/C24H17N3O5S2/c1-2-13-8-9-16-18(11-13)34-24(25-16)26-20(14-5-3-6-15(12-14)27(31)32)19(22(29)23(26)30)21(28)17-7-4-10-33-17/h3-12,20,29H,2H2,1H3. The van der Waals surface area contributed by atoms with Crippen molar-refractivity contribution in [3.63, 3.8) is 0 Å². The lowest BCUT2D eigenvalue weighted by Gasteiger charge is -2.24. The number of fused-ring (bicyclic) bond motifs is 1. The van der Waals surface area contributed by atoms with Crippen molar-refractivity contribution < 1.29 is 19.6 Å². The van der Waals surface area contributed by atoms with Gasteiger partial charge < -0.3 is 5.11 Å². The quantitative estimate of drug-likeness (QED) is 0.213. The summed E-state index contributed by atoms with van der Waals surface area (Å²) in [6.07, 6.45) is 0.837. The van der Waals surface area contributed by atoms with Gasteiger partial charge in [0, 0.05) is 12.1 Å². The van der Waals surface area contributed by atoms with E-state index in [4.69, 9.17) is 0 Å². The molecule has 1 atom stereocenters. The van der Waals surface area contributed by atoms with Gasteiger partial charge in [0.05, 0.1) is 31.6 Å². The third kappa shape index (κ3) is 3.57. The van der Waals surface area contributed by atoms with Crippen molar-refractivity contribution in [2.45, 2.75) is 19.4 Å². The fourth-order valence-electron chi connectivity index (χ4n) is 3.98. The molecule has 1 aliphatic heterocycles. The van der Waals surface area contributed by atoms with Crippen LogP contribution in [0.1, 0.15) is 33.8 Å². The monoisotopic (exact) mass is 491 g/mol. The highest BCUT2D eigenvalue weighted by Crippen LogP contribution is 2.45. The summed E-state index contributed by atoms with van der Waals surface area (Å²) in [6, 6.07) is 13.8. The number of nitro benzene ring substituents is 1. The number of aryl methyl sites for hydroxylation is 1. The van der Waals surface area contributed by atoms with Crippen LogP contribution in [0.25, 0.3) is 10.2 Å². The largest absolute Gasteiger partial charge is 0.503 e. The number of amides is 1. The van der Waals surface area contributed by atoms with Gasteiger partial charge in [-0.25, -0.2) is 4.98 Å². The Hall–Kier alpha value is -3.89. The molecule has 1 aliphatic rings. The molecule has 0 radical (unpaired) electrons. The molecular weight excluding hydrogens is 474 g/mol. The highest BCUT2D eigenvalue weighted by molar-refractivity contribution is 7.22. The predicted octanol–water partition coefficient (Wildman–Crippen LogP) is 5.61. The lowest BCUT2D eigenvalue weighted by Crippen LogP contribution is -2.31. The first-order valence-electron chi connectivity index (χ1n) is 10.4. The van der Waals surface area contributed by atoms with Gasteiger partial charge >= 0.3 is 0 Å². The third-order valence-electron chi connectivity index (χ3n) is 5.65. The maximum absolute atomic E-state index is 13.4. The molecule has 4 aromatic rings. The van der Waals surface area contributed by atoms with Crippen molar-refractivity contribution in [2.75, 3.05) is 4.90 Å². The Labute approximate surface area is 201 Å². The molecule has 0 fully saturated rings. The highest BCUT2D eigenvalue weighted by atomic mass is 32.1. The van der Waals surface area contributed by atoms with E-state index in [1.165, 1.54) is 45.8 Å². The number of aliphatic hydroxyl groups excluding tert-OH is 1. The summed E-state index contributed by atoms with van der Waals surface area (Å²) >= 11 is 2.45. The van der Waals surface area contributed by atoms with Gasteiger partial charge in [0.2, 0.25) is 5.78 Å². The van der Waals surface area contributed by atoms with Crippen LogP contribution in [0.2, 0.25) is 0 Å². The minimum absolute atomic E-state index is 0.124. The average Bonchev–Trinajstić information content (AvgIpc) is 3.57. The fourth-order valence-corrected chi connectivity index (χ4v) is 5.71. The summed E-state index contributed by atoms with van der Waals surface area (Å²) in [6.45, 7) is 2.04. The zero-order valence-electron chi connectivity index (χ0n) is 17.8. The second-order valence-electron chi connectivity index (χ2n) is 7.65. The van der Waals surface area contributed by atoms with Gasteiger partial charge in [-0.3, -0.25) is 24.6 Å². The van der Waals surface area contributed by atoms with Crippen LogP contribution in [-0.4, -0.2) is 26.7 Å². The van der Waals surface area contributed by atoms with Crippen molar-refractivity contribution in [3.05, 3.63) is 97.4 Å². The van der Waals surface area contributed by atoms with Crippen LogP contribution >= 0.6 is 22.7 Å². The summed E-state index contributed by atoms with van der Waals surface area (Å²) in [5, 5.41) is 24.3. The van der Waals surface area contributed by atoms with E-state index in [1.807, 2.05) is 25.1 Å². The normalized spacial score (nSPS) is 16.0. The molecule has 170 valence electrons. The zero-order valence-corrected chi connectivity index (χ0v) is 19.4. The summed E-state index contributed by atoms with van der Waals surface area (Å²) in [5.41, 5.74) is 1.82. The Kier molecular flexibility index (Phi) is 5.46. The van der Waals surface area contributed by atoms with Crippen LogP contribution < -0.4 is 4.90 Å². The zero-order chi connectivity index (χ0) is 24.0.